The van der Waals surface area contributed by atoms with Crippen LogP contribution in [-0.4, -0.2) is 221 Å². The van der Waals surface area contributed by atoms with Crippen LogP contribution in [0.1, 0.15) is 36.1 Å². The van der Waals surface area contributed by atoms with Gasteiger partial charge in [-0.3, -0.25) is 29.0 Å². The molecule has 0 saturated carbocycles. The van der Waals surface area contributed by atoms with Gasteiger partial charge in [0.05, 0.1) is 150 Å². The molecular formula is C47H71N9O15. The molecule has 3 heterocycles. The summed E-state index contributed by atoms with van der Waals surface area (Å²) in [6, 6.07) is 1.79. The molecule has 2 aromatic rings. The summed E-state index contributed by atoms with van der Waals surface area (Å²) in [5, 5.41) is 8.24. The van der Waals surface area contributed by atoms with E-state index in [1.54, 1.807) is 18.3 Å². The number of nitrogens with one attached hydrogen (secondary N) is 3. The quantitative estimate of drug-likeness (QED) is 0.0389. The molecule has 24 heteroatoms. The number of hydrogen-bond acceptors (Lipinski definition) is 20. The van der Waals surface area contributed by atoms with Crippen molar-refractivity contribution in [2.75, 3.05) is 165 Å². The maximum atomic E-state index is 12.6. The molecule has 3 rings (SSSR count). The molecular weight excluding hydrogens is 931 g/mol. The summed E-state index contributed by atoms with van der Waals surface area (Å²) in [5.41, 5.74) is 8.95. The topological polar surface area (TPSA) is 294 Å². The predicted octanol–water partition coefficient (Wildman–Crippen LogP) is 0.0661. The number of amides is 4. The van der Waals surface area contributed by atoms with Crippen LogP contribution in [0, 0.1) is 0 Å². The normalized spacial score (nSPS) is 12.2. The number of amidine groups is 1. The molecule has 1 aliphatic rings. The number of allylic oxidation sites excluding steroid dienone is 1. The number of likely N-dealkylation sites (N-methyl/N-ethyl adjacent to an activating group) is 1. The lowest BCUT2D eigenvalue weighted by atomic mass is 10.1. The van der Waals surface area contributed by atoms with Gasteiger partial charge in [0.2, 0.25) is 23.5 Å². The Morgan fingerprint density at radius 2 is 1.04 bits per heavy atom. The lowest BCUT2D eigenvalue weighted by Crippen LogP contribution is -2.38. The molecule has 0 saturated heterocycles. The van der Waals surface area contributed by atoms with Gasteiger partial charge < -0.3 is 74.0 Å². The zero-order valence-corrected chi connectivity index (χ0v) is 40.9. The number of carbonyl (C=O) groups excluding carboxylic acids is 5. The van der Waals surface area contributed by atoms with Gasteiger partial charge in [-0.2, -0.15) is 0 Å². The molecule has 24 nitrogen and oxygen atoms in total. The summed E-state index contributed by atoms with van der Waals surface area (Å²) in [4.78, 5) is 77.4. The first-order valence-electron chi connectivity index (χ1n) is 23.5. The van der Waals surface area contributed by atoms with Crippen LogP contribution < -0.4 is 21.7 Å². The molecule has 0 spiro atoms. The Hall–Kier alpha value is -5.67. The third-order valence-corrected chi connectivity index (χ3v) is 9.38. The van der Waals surface area contributed by atoms with Crippen molar-refractivity contribution in [2.45, 2.75) is 19.8 Å². The van der Waals surface area contributed by atoms with Crippen molar-refractivity contribution in [3.05, 3.63) is 53.9 Å². The van der Waals surface area contributed by atoms with Gasteiger partial charge in [-0.05, 0) is 24.6 Å². The van der Waals surface area contributed by atoms with E-state index < -0.39 is 11.8 Å². The highest BCUT2D eigenvalue weighted by Gasteiger charge is 2.18. The monoisotopic (exact) mass is 1000 g/mol. The highest BCUT2D eigenvalue weighted by atomic mass is 16.6. The number of ether oxygens (including phenoxy) is 10. The minimum atomic E-state index is -0.437. The van der Waals surface area contributed by atoms with Crippen molar-refractivity contribution in [3.8, 4) is 11.1 Å². The molecule has 0 aromatic carbocycles. The number of nitrogens with two attached hydrogens (primary N) is 1. The fourth-order valence-electron chi connectivity index (χ4n) is 5.78. The maximum Gasteiger partial charge on any atom is 0.289 e. The Labute approximate surface area is 414 Å². The Morgan fingerprint density at radius 1 is 0.606 bits per heavy atom. The lowest BCUT2D eigenvalue weighted by Gasteiger charge is -2.14. The Balaban J connectivity index is 1.01. The largest absolute Gasteiger partial charge is 0.387 e. The maximum absolute atomic E-state index is 12.6. The van der Waals surface area contributed by atoms with Crippen LogP contribution in [0.2, 0.25) is 0 Å². The van der Waals surface area contributed by atoms with Crippen molar-refractivity contribution in [1.29, 1.82) is 0 Å². The van der Waals surface area contributed by atoms with Gasteiger partial charge in [0.1, 0.15) is 12.1 Å². The van der Waals surface area contributed by atoms with Gasteiger partial charge in [-0.25, -0.2) is 15.0 Å². The predicted molar refractivity (Wildman–Crippen MR) is 259 cm³/mol. The van der Waals surface area contributed by atoms with Crippen molar-refractivity contribution in [2.24, 2.45) is 10.7 Å². The van der Waals surface area contributed by atoms with E-state index in [9.17, 15) is 24.0 Å². The first kappa shape index (κ1) is 59.6. The van der Waals surface area contributed by atoms with E-state index in [2.05, 4.69) is 35.9 Å². The fraction of sp³-hybridized carbons (Fsp3) is 0.596. The minimum Gasteiger partial charge on any atom is -0.387 e. The van der Waals surface area contributed by atoms with Crippen LogP contribution in [0.5, 0.6) is 0 Å². The van der Waals surface area contributed by atoms with Crippen molar-refractivity contribution >= 4 is 47.5 Å². The Bertz CT molecular complexity index is 1940. The zero-order valence-electron chi connectivity index (χ0n) is 40.9. The third-order valence-electron chi connectivity index (χ3n) is 9.38. The Morgan fingerprint density at radius 3 is 1.51 bits per heavy atom. The molecule has 5 N–H and O–H groups in total. The van der Waals surface area contributed by atoms with Gasteiger partial charge in [0, 0.05) is 74.5 Å². The molecule has 0 atom stereocenters. The molecule has 2 aromatic heterocycles. The van der Waals surface area contributed by atoms with Gasteiger partial charge >= 0.3 is 0 Å². The van der Waals surface area contributed by atoms with E-state index in [1.165, 1.54) is 24.3 Å². The summed E-state index contributed by atoms with van der Waals surface area (Å²) in [6.45, 7) is 11.2. The number of aldehydes is 1. The highest BCUT2D eigenvalue weighted by molar-refractivity contribution is 6.05. The van der Waals surface area contributed by atoms with Crippen molar-refractivity contribution in [3.63, 3.8) is 0 Å². The van der Waals surface area contributed by atoms with E-state index in [1.807, 2.05) is 6.92 Å². The SMILES string of the molecule is CCCNC(=O)C1=Cc2ncc(-c3cnc(C(=O)NCCOCCOCCOCCOCCOCCOCCOCCOCCOCCOCCNC(=O)CN(C)C(=O)/C=C\C=O)nc3)cc2N=C(N)C1. The second-order valence-electron chi connectivity index (χ2n) is 15.0. The Kier molecular flexibility index (Phi) is 32.8. The lowest BCUT2D eigenvalue weighted by molar-refractivity contribution is -0.131. The summed E-state index contributed by atoms with van der Waals surface area (Å²) in [7, 11) is 1.47. The standard InChI is InChI=1S/C47H71N9O15/c1-3-6-50-46(60)37-30-40-41(55-42(48)32-37)31-38(33-52-40)39-34-53-45(54-35-39)47(61)51-8-11-63-13-15-65-17-19-67-21-23-69-25-27-71-29-28-70-26-24-68-22-20-66-18-16-64-14-12-62-10-7-49-43(58)36-56(2)44(59)5-4-9-57/h4-5,9,30-31,33-35H,3,6-8,10-29,32,36H2,1-2H3,(H2,48,55)(H,49,58)(H,50,60)(H,51,61)/b5-4-. The summed E-state index contributed by atoms with van der Waals surface area (Å²) in [5.74, 6) is -1.08. The van der Waals surface area contributed by atoms with Gasteiger partial charge in [-0.1, -0.05) is 6.92 Å². The van der Waals surface area contributed by atoms with Gasteiger partial charge in [-0.15, -0.1) is 0 Å². The molecule has 0 aliphatic carbocycles. The van der Waals surface area contributed by atoms with Crippen LogP contribution in [0.4, 0.5) is 5.69 Å². The second-order valence-corrected chi connectivity index (χ2v) is 15.0. The first-order valence-corrected chi connectivity index (χ1v) is 23.5. The molecule has 0 bridgehead atoms. The van der Waals surface area contributed by atoms with Crippen molar-refractivity contribution < 1.29 is 71.3 Å². The van der Waals surface area contributed by atoms with E-state index >= 15 is 0 Å². The van der Waals surface area contributed by atoms with Crippen LogP contribution >= 0.6 is 0 Å². The second kappa shape index (κ2) is 39.0. The number of aromatic nitrogens is 3. The number of rotatable bonds is 42. The van der Waals surface area contributed by atoms with Crippen LogP contribution in [0.25, 0.3) is 17.2 Å². The van der Waals surface area contributed by atoms with E-state index in [4.69, 9.17) is 53.1 Å². The van der Waals surface area contributed by atoms with Crippen LogP contribution in [0.15, 0.2) is 47.4 Å². The fourth-order valence-corrected chi connectivity index (χ4v) is 5.78. The molecule has 71 heavy (non-hydrogen) atoms. The number of hydrogen-bond donors (Lipinski definition) is 4. The number of nitrogens with zero attached hydrogens (tertiary/aromatic N) is 5. The molecule has 0 unspecified atom stereocenters. The molecule has 4 amide bonds. The highest BCUT2D eigenvalue weighted by Crippen LogP contribution is 2.29. The van der Waals surface area contributed by atoms with Crippen LogP contribution in [0.3, 0.4) is 0 Å². The number of pyridine rings is 1. The number of aliphatic imine (C=N–C) groups is 1. The van der Waals surface area contributed by atoms with Gasteiger partial charge in [0.25, 0.3) is 5.91 Å². The van der Waals surface area contributed by atoms with E-state index in [0.717, 1.165) is 18.6 Å². The number of carbonyl (C=O) groups is 5. The third kappa shape index (κ3) is 28.1. The first-order chi connectivity index (χ1) is 34.7. The molecule has 1 aliphatic heterocycles. The van der Waals surface area contributed by atoms with E-state index in [0.29, 0.717) is 179 Å². The summed E-state index contributed by atoms with van der Waals surface area (Å²) < 4.78 is 54.8. The molecule has 394 valence electrons. The van der Waals surface area contributed by atoms with E-state index in [-0.39, 0.29) is 43.8 Å². The minimum absolute atomic E-state index is 0.0134. The van der Waals surface area contributed by atoms with Crippen molar-refractivity contribution in [1.82, 2.24) is 35.8 Å². The number of fused-ring (bicyclic) bond motifs is 1. The average molecular weight is 1000 g/mol. The smallest absolute Gasteiger partial charge is 0.289 e. The summed E-state index contributed by atoms with van der Waals surface area (Å²) >= 11 is 0. The molecule has 0 fully saturated rings. The summed E-state index contributed by atoms with van der Waals surface area (Å²) in [6.07, 6.45) is 10.1. The van der Waals surface area contributed by atoms with Crippen LogP contribution in [-0.2, 0) is 66.5 Å². The average Bonchev–Trinajstić information content (AvgIpc) is 3.54. The van der Waals surface area contributed by atoms with Gasteiger partial charge in [0.15, 0.2) is 0 Å². The molecule has 0 radical (unpaired) electrons. The zero-order chi connectivity index (χ0) is 51.0.